The first kappa shape index (κ1) is 12.9. The maximum absolute atomic E-state index is 11.8. The molecule has 0 spiro atoms. The Morgan fingerprint density at radius 1 is 1.75 bits per heavy atom. The molecule has 1 rings (SSSR count). The lowest BCUT2D eigenvalue weighted by atomic mass is 10.1. The third-order valence-electron chi connectivity index (χ3n) is 2.62. The summed E-state index contributed by atoms with van der Waals surface area (Å²) >= 11 is 0. The molecule has 1 aliphatic rings. The predicted octanol–water partition coefficient (Wildman–Crippen LogP) is -0.0170. The van der Waals surface area contributed by atoms with Gasteiger partial charge in [0.1, 0.15) is 6.04 Å². The molecule has 1 fully saturated rings. The first-order valence-corrected chi connectivity index (χ1v) is 5.68. The van der Waals surface area contributed by atoms with Gasteiger partial charge in [-0.15, -0.1) is 0 Å². The third kappa shape index (κ3) is 3.47. The average Bonchev–Trinajstić information content (AvgIpc) is 2.30. The Hall–Kier alpha value is -1.12. The third-order valence-corrected chi connectivity index (χ3v) is 2.62. The second-order valence-electron chi connectivity index (χ2n) is 4.01. The molecule has 1 heterocycles. The number of hydrogen-bond donors (Lipinski definition) is 1. The van der Waals surface area contributed by atoms with E-state index in [4.69, 9.17) is 10.00 Å². The van der Waals surface area contributed by atoms with E-state index in [1.807, 2.05) is 18.7 Å². The van der Waals surface area contributed by atoms with Crippen molar-refractivity contribution < 1.29 is 9.53 Å². The highest BCUT2D eigenvalue weighted by Gasteiger charge is 2.29. The van der Waals surface area contributed by atoms with Gasteiger partial charge in [-0.3, -0.25) is 9.69 Å². The first-order chi connectivity index (χ1) is 7.69. The molecule has 2 unspecified atom stereocenters. The lowest BCUT2D eigenvalue weighted by Gasteiger charge is -2.34. The lowest BCUT2D eigenvalue weighted by Crippen LogP contribution is -2.54. The Kier molecular flexibility index (Phi) is 5.23. The molecule has 5 nitrogen and oxygen atoms in total. The molecular formula is C11H19N3O2. The molecule has 1 aliphatic heterocycles. The van der Waals surface area contributed by atoms with Crippen LogP contribution in [0.2, 0.25) is 0 Å². The van der Waals surface area contributed by atoms with Crippen molar-refractivity contribution in [1.29, 1.82) is 5.26 Å². The molecule has 16 heavy (non-hydrogen) atoms. The summed E-state index contributed by atoms with van der Waals surface area (Å²) in [5, 5.41) is 11.6. The molecule has 90 valence electrons. The number of carbonyl (C=O) groups is 1. The van der Waals surface area contributed by atoms with Gasteiger partial charge in [0.05, 0.1) is 25.2 Å². The van der Waals surface area contributed by atoms with E-state index in [1.165, 1.54) is 0 Å². The van der Waals surface area contributed by atoms with E-state index in [9.17, 15) is 4.79 Å². The quantitative estimate of drug-likeness (QED) is 0.730. The Balaban J connectivity index is 2.57. The largest absolute Gasteiger partial charge is 0.378 e. The van der Waals surface area contributed by atoms with Gasteiger partial charge >= 0.3 is 0 Å². The Morgan fingerprint density at radius 2 is 2.50 bits per heavy atom. The fourth-order valence-corrected chi connectivity index (χ4v) is 1.78. The number of rotatable bonds is 4. The second kappa shape index (κ2) is 6.46. The number of ether oxygens (including phenoxy) is 1. The van der Waals surface area contributed by atoms with Crippen LogP contribution in [0.3, 0.4) is 0 Å². The summed E-state index contributed by atoms with van der Waals surface area (Å²) in [5.41, 5.74) is 0. The van der Waals surface area contributed by atoms with Crippen LogP contribution in [0.1, 0.15) is 13.8 Å². The van der Waals surface area contributed by atoms with Gasteiger partial charge in [-0.1, -0.05) is 0 Å². The molecule has 1 amide bonds. The minimum Gasteiger partial charge on any atom is -0.378 e. The molecule has 0 aromatic carbocycles. The number of nitrogens with zero attached hydrogens (tertiary/aromatic N) is 2. The summed E-state index contributed by atoms with van der Waals surface area (Å²) < 4.78 is 5.31. The van der Waals surface area contributed by atoms with E-state index in [-0.39, 0.29) is 17.9 Å². The van der Waals surface area contributed by atoms with Crippen molar-refractivity contribution in [2.75, 3.05) is 32.8 Å². The van der Waals surface area contributed by atoms with E-state index < -0.39 is 0 Å². The number of amides is 1. The highest BCUT2D eigenvalue weighted by Crippen LogP contribution is 2.10. The molecule has 0 saturated carbocycles. The topological polar surface area (TPSA) is 65.4 Å². The van der Waals surface area contributed by atoms with Gasteiger partial charge in [0.15, 0.2) is 0 Å². The summed E-state index contributed by atoms with van der Waals surface area (Å²) in [6.07, 6.45) is 0. The molecule has 0 radical (unpaired) electrons. The zero-order chi connectivity index (χ0) is 12.0. The fourth-order valence-electron chi connectivity index (χ4n) is 1.78. The minimum atomic E-state index is -0.246. The highest BCUT2D eigenvalue weighted by atomic mass is 16.5. The monoisotopic (exact) mass is 225 g/mol. The zero-order valence-electron chi connectivity index (χ0n) is 9.90. The molecule has 2 atom stereocenters. The molecule has 1 N–H and O–H groups in total. The van der Waals surface area contributed by atoms with Crippen LogP contribution in [-0.2, 0) is 9.53 Å². The van der Waals surface area contributed by atoms with Crippen LogP contribution in [0, 0.1) is 17.2 Å². The van der Waals surface area contributed by atoms with Crippen LogP contribution in [0.5, 0.6) is 0 Å². The van der Waals surface area contributed by atoms with Crippen LogP contribution in [0.15, 0.2) is 0 Å². The summed E-state index contributed by atoms with van der Waals surface area (Å²) in [7, 11) is 0. The van der Waals surface area contributed by atoms with Crippen molar-refractivity contribution in [3.05, 3.63) is 0 Å². The van der Waals surface area contributed by atoms with Crippen LogP contribution < -0.4 is 5.32 Å². The number of carbonyl (C=O) groups excluding carboxylic acids is 1. The van der Waals surface area contributed by atoms with Crippen LogP contribution in [-0.4, -0.2) is 49.7 Å². The second-order valence-corrected chi connectivity index (χ2v) is 4.01. The predicted molar refractivity (Wildman–Crippen MR) is 59.6 cm³/mol. The van der Waals surface area contributed by atoms with Gasteiger partial charge in [0, 0.05) is 19.6 Å². The fraction of sp³-hybridized carbons (Fsp3) is 0.818. The summed E-state index contributed by atoms with van der Waals surface area (Å²) in [5.74, 6) is -0.0673. The Bertz CT molecular complexity index is 275. The standard InChI is InChI=1S/C11H19N3O2/c1-3-13-11(15)10-8-16-5-4-14(10)7-9(2)6-12/h9-10H,3-5,7-8H2,1-2H3,(H,13,15). The maximum Gasteiger partial charge on any atom is 0.239 e. The number of morpholine rings is 1. The molecule has 0 bridgehead atoms. The zero-order valence-corrected chi connectivity index (χ0v) is 9.90. The number of nitriles is 1. The molecule has 1 saturated heterocycles. The van der Waals surface area contributed by atoms with Crippen molar-refractivity contribution in [2.24, 2.45) is 5.92 Å². The average molecular weight is 225 g/mol. The normalized spacial score (nSPS) is 23.4. The van der Waals surface area contributed by atoms with Gasteiger partial charge < -0.3 is 10.1 Å². The van der Waals surface area contributed by atoms with Crippen LogP contribution >= 0.6 is 0 Å². The molecule has 0 aromatic heterocycles. The van der Waals surface area contributed by atoms with Crippen molar-refractivity contribution in [3.8, 4) is 6.07 Å². The van der Waals surface area contributed by atoms with E-state index in [0.29, 0.717) is 32.8 Å². The molecule has 0 aromatic rings. The maximum atomic E-state index is 11.8. The lowest BCUT2D eigenvalue weighted by molar-refractivity contribution is -0.132. The van der Waals surface area contributed by atoms with Gasteiger partial charge in [0.2, 0.25) is 5.91 Å². The smallest absolute Gasteiger partial charge is 0.239 e. The van der Waals surface area contributed by atoms with Crippen molar-refractivity contribution in [3.63, 3.8) is 0 Å². The van der Waals surface area contributed by atoms with E-state index >= 15 is 0 Å². The number of likely N-dealkylation sites (N-methyl/N-ethyl adjacent to an activating group) is 1. The van der Waals surface area contributed by atoms with Gasteiger partial charge in [-0.2, -0.15) is 5.26 Å². The van der Waals surface area contributed by atoms with Gasteiger partial charge in [-0.05, 0) is 13.8 Å². The van der Waals surface area contributed by atoms with Crippen molar-refractivity contribution in [2.45, 2.75) is 19.9 Å². The van der Waals surface area contributed by atoms with Gasteiger partial charge in [-0.25, -0.2) is 0 Å². The molecule has 0 aliphatic carbocycles. The minimum absolute atomic E-state index is 0.00709. The molecular weight excluding hydrogens is 206 g/mol. The highest BCUT2D eigenvalue weighted by molar-refractivity contribution is 5.81. The van der Waals surface area contributed by atoms with Gasteiger partial charge in [0.25, 0.3) is 0 Å². The van der Waals surface area contributed by atoms with E-state index in [2.05, 4.69) is 11.4 Å². The van der Waals surface area contributed by atoms with Crippen LogP contribution in [0.4, 0.5) is 0 Å². The number of nitrogens with one attached hydrogen (secondary N) is 1. The SMILES string of the molecule is CCNC(=O)C1COCCN1CC(C)C#N. The Morgan fingerprint density at radius 3 is 3.12 bits per heavy atom. The van der Waals surface area contributed by atoms with E-state index in [0.717, 1.165) is 0 Å². The van der Waals surface area contributed by atoms with Crippen molar-refractivity contribution >= 4 is 5.91 Å². The molecule has 5 heteroatoms. The van der Waals surface area contributed by atoms with Crippen LogP contribution in [0.25, 0.3) is 0 Å². The Labute approximate surface area is 96.4 Å². The number of hydrogen-bond acceptors (Lipinski definition) is 4. The summed E-state index contributed by atoms with van der Waals surface area (Å²) in [6, 6.07) is 1.94. The van der Waals surface area contributed by atoms with E-state index in [1.54, 1.807) is 0 Å². The van der Waals surface area contributed by atoms with Crippen molar-refractivity contribution in [1.82, 2.24) is 10.2 Å². The first-order valence-electron chi connectivity index (χ1n) is 5.68. The summed E-state index contributed by atoms with van der Waals surface area (Å²) in [4.78, 5) is 13.8. The summed E-state index contributed by atoms with van der Waals surface area (Å²) in [6.45, 7) is 6.78.